The molecule has 4 nitrogen and oxygen atoms in total. The number of hydrogen-bond acceptors (Lipinski definition) is 2. The van der Waals surface area contributed by atoms with Crippen LogP contribution in [0.1, 0.15) is 11.1 Å². The maximum atomic E-state index is 5.90. The van der Waals surface area contributed by atoms with E-state index in [1.54, 1.807) is 0 Å². The Kier molecular flexibility index (Phi) is 7.14. The standard InChI is InChI=1S/C19H26N4/c1-23(16-18-10-6-3-7-11-18)15-14-22-19(20)21-13-12-17-8-4-2-5-9-17/h2-11H,12-16H2,1H3,(H3,20,21,22). The molecule has 2 aromatic carbocycles. The topological polar surface area (TPSA) is 53.6 Å². The third kappa shape index (κ3) is 6.98. The Morgan fingerprint density at radius 1 is 1.00 bits per heavy atom. The van der Waals surface area contributed by atoms with Gasteiger partial charge in [0.25, 0.3) is 0 Å². The van der Waals surface area contributed by atoms with Gasteiger partial charge in [-0.2, -0.15) is 0 Å². The zero-order chi connectivity index (χ0) is 16.3. The minimum Gasteiger partial charge on any atom is -0.370 e. The van der Waals surface area contributed by atoms with Crippen LogP contribution in [0, 0.1) is 0 Å². The molecule has 0 fully saturated rings. The largest absolute Gasteiger partial charge is 0.370 e. The van der Waals surface area contributed by atoms with Gasteiger partial charge < -0.3 is 16.0 Å². The van der Waals surface area contributed by atoms with Gasteiger partial charge in [0.2, 0.25) is 0 Å². The first-order valence-electron chi connectivity index (χ1n) is 8.04. The fraction of sp³-hybridized carbons (Fsp3) is 0.316. The first kappa shape index (κ1) is 17.0. The third-order valence-corrected chi connectivity index (χ3v) is 3.62. The van der Waals surface area contributed by atoms with Gasteiger partial charge in [0, 0.05) is 19.6 Å². The van der Waals surface area contributed by atoms with Crippen molar-refractivity contribution in [1.29, 1.82) is 0 Å². The molecule has 0 amide bonds. The average Bonchev–Trinajstić information content (AvgIpc) is 2.57. The van der Waals surface area contributed by atoms with Crippen molar-refractivity contribution in [1.82, 2.24) is 10.2 Å². The summed E-state index contributed by atoms with van der Waals surface area (Å²) in [6, 6.07) is 20.8. The highest BCUT2D eigenvalue weighted by molar-refractivity contribution is 5.77. The van der Waals surface area contributed by atoms with Gasteiger partial charge in [-0.25, -0.2) is 0 Å². The molecule has 2 rings (SSSR count). The van der Waals surface area contributed by atoms with E-state index in [1.807, 2.05) is 12.1 Å². The molecule has 0 saturated heterocycles. The lowest BCUT2D eigenvalue weighted by atomic mass is 10.1. The minimum absolute atomic E-state index is 0.522. The third-order valence-electron chi connectivity index (χ3n) is 3.62. The fourth-order valence-corrected chi connectivity index (χ4v) is 2.35. The highest BCUT2D eigenvalue weighted by atomic mass is 15.1. The Hall–Kier alpha value is -2.33. The van der Waals surface area contributed by atoms with Gasteiger partial charge in [-0.15, -0.1) is 0 Å². The summed E-state index contributed by atoms with van der Waals surface area (Å²) in [5.41, 5.74) is 8.51. The Morgan fingerprint density at radius 2 is 1.61 bits per heavy atom. The molecule has 4 heteroatoms. The maximum absolute atomic E-state index is 5.90. The highest BCUT2D eigenvalue weighted by Crippen LogP contribution is 2.02. The van der Waals surface area contributed by atoms with Crippen molar-refractivity contribution in [2.75, 3.05) is 26.7 Å². The summed E-state index contributed by atoms with van der Waals surface area (Å²) < 4.78 is 0. The molecule has 0 aliphatic rings. The Bertz CT molecular complexity index is 581. The number of nitrogens with two attached hydrogens (primary N) is 1. The number of rotatable bonds is 8. The van der Waals surface area contributed by atoms with Gasteiger partial charge in [-0.1, -0.05) is 60.7 Å². The highest BCUT2D eigenvalue weighted by Gasteiger charge is 1.99. The fourth-order valence-electron chi connectivity index (χ4n) is 2.35. The van der Waals surface area contributed by atoms with Crippen LogP contribution < -0.4 is 11.1 Å². The van der Waals surface area contributed by atoms with E-state index in [1.165, 1.54) is 11.1 Å². The van der Waals surface area contributed by atoms with Gasteiger partial charge in [0.1, 0.15) is 0 Å². The van der Waals surface area contributed by atoms with Gasteiger partial charge in [-0.3, -0.25) is 4.99 Å². The smallest absolute Gasteiger partial charge is 0.188 e. The normalized spacial score (nSPS) is 11.7. The van der Waals surface area contributed by atoms with Gasteiger partial charge >= 0.3 is 0 Å². The van der Waals surface area contributed by atoms with E-state index in [-0.39, 0.29) is 0 Å². The lowest BCUT2D eigenvalue weighted by Gasteiger charge is -2.15. The predicted molar refractivity (Wildman–Crippen MR) is 97.4 cm³/mol. The van der Waals surface area contributed by atoms with Crippen LogP contribution in [0.3, 0.4) is 0 Å². The van der Waals surface area contributed by atoms with E-state index in [0.29, 0.717) is 12.5 Å². The van der Waals surface area contributed by atoms with Crippen LogP contribution in [0.5, 0.6) is 0 Å². The monoisotopic (exact) mass is 310 g/mol. The molecule has 0 spiro atoms. The molecule has 0 radical (unpaired) electrons. The summed E-state index contributed by atoms with van der Waals surface area (Å²) in [6.45, 7) is 3.32. The van der Waals surface area contributed by atoms with E-state index in [0.717, 1.165) is 26.1 Å². The van der Waals surface area contributed by atoms with Crippen molar-refractivity contribution >= 4 is 5.96 Å². The molecule has 2 aromatic rings. The number of aliphatic imine (C=N–C) groups is 1. The molecule has 0 heterocycles. The van der Waals surface area contributed by atoms with E-state index < -0.39 is 0 Å². The number of likely N-dealkylation sites (N-methyl/N-ethyl adjacent to an activating group) is 1. The van der Waals surface area contributed by atoms with E-state index in [2.05, 4.69) is 70.8 Å². The van der Waals surface area contributed by atoms with Crippen molar-refractivity contribution in [3.05, 3.63) is 71.8 Å². The van der Waals surface area contributed by atoms with Crippen LogP contribution in [0.15, 0.2) is 65.7 Å². The lowest BCUT2D eigenvalue weighted by molar-refractivity contribution is 0.336. The van der Waals surface area contributed by atoms with Crippen LogP contribution in [0.4, 0.5) is 0 Å². The lowest BCUT2D eigenvalue weighted by Crippen LogP contribution is -2.34. The molecule has 0 aliphatic carbocycles. The van der Waals surface area contributed by atoms with Gasteiger partial charge in [0.05, 0.1) is 6.54 Å². The number of nitrogens with one attached hydrogen (secondary N) is 1. The molecule has 0 atom stereocenters. The van der Waals surface area contributed by atoms with Crippen molar-refractivity contribution in [2.45, 2.75) is 13.0 Å². The summed E-state index contributed by atoms with van der Waals surface area (Å²) in [4.78, 5) is 6.62. The Labute approximate surface area is 139 Å². The van der Waals surface area contributed by atoms with Crippen LogP contribution in [0.25, 0.3) is 0 Å². The number of benzene rings is 2. The van der Waals surface area contributed by atoms with Crippen LogP contribution in [-0.2, 0) is 13.0 Å². The summed E-state index contributed by atoms with van der Waals surface area (Å²) in [6.07, 6.45) is 0.949. The average molecular weight is 310 g/mol. The molecular formula is C19H26N4. The Morgan fingerprint density at radius 3 is 2.26 bits per heavy atom. The van der Waals surface area contributed by atoms with Crippen molar-refractivity contribution in [3.8, 4) is 0 Å². The quantitative estimate of drug-likeness (QED) is 0.581. The number of hydrogen-bond donors (Lipinski definition) is 2. The van der Waals surface area contributed by atoms with Gasteiger partial charge in [0.15, 0.2) is 5.96 Å². The predicted octanol–water partition coefficient (Wildman–Crippen LogP) is 2.27. The molecular weight excluding hydrogens is 284 g/mol. The second-order valence-electron chi connectivity index (χ2n) is 5.65. The Balaban J connectivity index is 1.62. The molecule has 0 aromatic heterocycles. The summed E-state index contributed by atoms with van der Waals surface area (Å²) in [5.74, 6) is 0.522. The number of guanidine groups is 1. The maximum Gasteiger partial charge on any atom is 0.188 e. The van der Waals surface area contributed by atoms with Crippen LogP contribution in [-0.4, -0.2) is 37.5 Å². The molecule has 0 unspecified atom stereocenters. The molecule has 122 valence electrons. The van der Waals surface area contributed by atoms with E-state index in [9.17, 15) is 0 Å². The summed E-state index contributed by atoms with van der Waals surface area (Å²) in [7, 11) is 2.10. The number of nitrogens with zero attached hydrogens (tertiary/aromatic N) is 2. The van der Waals surface area contributed by atoms with E-state index >= 15 is 0 Å². The second-order valence-corrected chi connectivity index (χ2v) is 5.65. The molecule has 0 saturated carbocycles. The first-order chi connectivity index (χ1) is 11.2. The van der Waals surface area contributed by atoms with Crippen molar-refractivity contribution in [3.63, 3.8) is 0 Å². The van der Waals surface area contributed by atoms with Crippen LogP contribution in [0.2, 0.25) is 0 Å². The van der Waals surface area contributed by atoms with Gasteiger partial charge in [-0.05, 0) is 24.6 Å². The zero-order valence-electron chi connectivity index (χ0n) is 13.8. The summed E-state index contributed by atoms with van der Waals surface area (Å²) >= 11 is 0. The minimum atomic E-state index is 0.522. The molecule has 0 bridgehead atoms. The van der Waals surface area contributed by atoms with E-state index in [4.69, 9.17) is 5.73 Å². The second kappa shape index (κ2) is 9.64. The van der Waals surface area contributed by atoms with Crippen molar-refractivity contribution in [2.24, 2.45) is 10.7 Å². The van der Waals surface area contributed by atoms with Crippen LogP contribution >= 0.6 is 0 Å². The molecule has 0 aliphatic heterocycles. The molecule has 23 heavy (non-hydrogen) atoms. The zero-order valence-corrected chi connectivity index (χ0v) is 13.8. The van der Waals surface area contributed by atoms with Crippen molar-refractivity contribution < 1.29 is 0 Å². The first-order valence-corrected chi connectivity index (χ1v) is 8.04. The SMILES string of the molecule is CN(CCN=C(N)NCCc1ccccc1)Cc1ccccc1. The molecule has 3 N–H and O–H groups in total. The summed E-state index contributed by atoms with van der Waals surface area (Å²) in [5, 5.41) is 3.16.